The van der Waals surface area contributed by atoms with Gasteiger partial charge in [0.05, 0.1) is 18.1 Å². The van der Waals surface area contributed by atoms with Crippen molar-refractivity contribution in [3.8, 4) is 0 Å². The molecule has 0 saturated carbocycles. The molecule has 2 heterocycles. The maximum atomic E-state index is 12.2. The Morgan fingerprint density at radius 2 is 1.91 bits per heavy atom. The number of carbonyl (C=O) groups is 1. The molecule has 1 N–H and O–H groups in total. The Balaban J connectivity index is 1.69. The molecule has 134 valence electrons. The third kappa shape index (κ3) is 6.04. The second-order valence-corrected chi connectivity index (χ2v) is 9.74. The van der Waals surface area contributed by atoms with E-state index in [9.17, 15) is 13.2 Å². The molecular weight excluding hydrogens is 314 g/mol. The van der Waals surface area contributed by atoms with Gasteiger partial charge < -0.3 is 10.2 Å². The van der Waals surface area contributed by atoms with E-state index in [2.05, 4.69) is 24.1 Å². The quantitative estimate of drug-likeness (QED) is 0.752. The van der Waals surface area contributed by atoms with Gasteiger partial charge in [0.1, 0.15) is 0 Å². The molecule has 0 unspecified atom stereocenters. The van der Waals surface area contributed by atoms with Gasteiger partial charge in [-0.05, 0) is 32.2 Å². The Bertz CT molecular complexity index is 499. The molecular formula is C16H31N3O3S. The molecule has 2 saturated heterocycles. The van der Waals surface area contributed by atoms with E-state index in [1.54, 1.807) is 0 Å². The SMILES string of the molecule is CC(C)CN1CCC(NC(=O)CN(C)[C@H]2CCS(=O)(=O)C2)CC1. The minimum Gasteiger partial charge on any atom is -0.352 e. The summed E-state index contributed by atoms with van der Waals surface area (Å²) in [6.07, 6.45) is 2.64. The van der Waals surface area contributed by atoms with E-state index in [4.69, 9.17) is 0 Å². The van der Waals surface area contributed by atoms with Crippen molar-refractivity contribution in [2.45, 2.75) is 45.2 Å². The maximum Gasteiger partial charge on any atom is 0.234 e. The zero-order chi connectivity index (χ0) is 17.0. The zero-order valence-corrected chi connectivity index (χ0v) is 15.4. The largest absolute Gasteiger partial charge is 0.352 e. The summed E-state index contributed by atoms with van der Waals surface area (Å²) in [6, 6.07) is 0.241. The second kappa shape index (κ2) is 7.94. The van der Waals surface area contributed by atoms with Crippen molar-refractivity contribution in [1.82, 2.24) is 15.1 Å². The fourth-order valence-electron chi connectivity index (χ4n) is 3.53. The summed E-state index contributed by atoms with van der Waals surface area (Å²) in [5, 5.41) is 3.11. The Kier molecular flexibility index (Phi) is 6.45. The van der Waals surface area contributed by atoms with Crippen molar-refractivity contribution in [1.29, 1.82) is 0 Å². The summed E-state index contributed by atoms with van der Waals surface area (Å²) in [7, 11) is -1.05. The van der Waals surface area contributed by atoms with Crippen molar-refractivity contribution in [3.05, 3.63) is 0 Å². The first kappa shape index (κ1) is 18.7. The molecule has 0 spiro atoms. The summed E-state index contributed by atoms with van der Waals surface area (Å²) in [5.41, 5.74) is 0. The van der Waals surface area contributed by atoms with E-state index >= 15 is 0 Å². The number of hydrogen-bond donors (Lipinski definition) is 1. The normalized spacial score (nSPS) is 26.0. The molecule has 0 radical (unpaired) electrons. The van der Waals surface area contributed by atoms with E-state index in [-0.39, 0.29) is 36.0 Å². The van der Waals surface area contributed by atoms with Crippen LogP contribution < -0.4 is 5.32 Å². The Labute approximate surface area is 140 Å². The molecule has 0 aromatic rings. The number of rotatable bonds is 6. The van der Waals surface area contributed by atoms with Gasteiger partial charge in [-0.1, -0.05) is 13.8 Å². The van der Waals surface area contributed by atoms with Crippen LogP contribution in [0, 0.1) is 5.92 Å². The Hall–Kier alpha value is -0.660. The average Bonchev–Trinajstić information content (AvgIpc) is 2.81. The van der Waals surface area contributed by atoms with Crippen molar-refractivity contribution < 1.29 is 13.2 Å². The van der Waals surface area contributed by atoms with E-state index in [1.807, 2.05) is 11.9 Å². The van der Waals surface area contributed by atoms with Crippen LogP contribution in [0.5, 0.6) is 0 Å². The first-order chi connectivity index (χ1) is 10.7. The molecule has 1 amide bonds. The molecule has 0 aromatic carbocycles. The lowest BCUT2D eigenvalue weighted by Crippen LogP contribution is -2.48. The summed E-state index contributed by atoms with van der Waals surface area (Å²) >= 11 is 0. The van der Waals surface area contributed by atoms with Crippen LogP contribution in [0.3, 0.4) is 0 Å². The van der Waals surface area contributed by atoms with E-state index < -0.39 is 9.84 Å². The lowest BCUT2D eigenvalue weighted by Gasteiger charge is -2.33. The summed E-state index contributed by atoms with van der Waals surface area (Å²) in [5.74, 6) is 1.12. The third-order valence-electron chi connectivity index (χ3n) is 4.80. The number of amides is 1. The van der Waals surface area contributed by atoms with Crippen LogP contribution in [-0.4, -0.2) is 80.9 Å². The van der Waals surface area contributed by atoms with Crippen molar-refractivity contribution in [2.75, 3.05) is 44.7 Å². The smallest absolute Gasteiger partial charge is 0.234 e. The van der Waals surface area contributed by atoms with Gasteiger partial charge in [-0.2, -0.15) is 0 Å². The zero-order valence-electron chi connectivity index (χ0n) is 14.6. The average molecular weight is 346 g/mol. The first-order valence-electron chi connectivity index (χ1n) is 8.67. The minimum absolute atomic E-state index is 0.0131. The van der Waals surface area contributed by atoms with Gasteiger partial charge in [-0.3, -0.25) is 9.69 Å². The highest BCUT2D eigenvalue weighted by atomic mass is 32.2. The summed E-state index contributed by atoms with van der Waals surface area (Å²) < 4.78 is 23.0. The Morgan fingerprint density at radius 3 is 2.43 bits per heavy atom. The number of likely N-dealkylation sites (tertiary alicyclic amines) is 1. The summed E-state index contributed by atoms with van der Waals surface area (Å²) in [6.45, 7) is 7.95. The van der Waals surface area contributed by atoms with Gasteiger partial charge in [-0.25, -0.2) is 8.42 Å². The van der Waals surface area contributed by atoms with Crippen molar-refractivity contribution in [2.24, 2.45) is 5.92 Å². The van der Waals surface area contributed by atoms with Gasteiger partial charge in [0.2, 0.25) is 5.91 Å². The highest BCUT2D eigenvalue weighted by Gasteiger charge is 2.31. The lowest BCUT2D eigenvalue weighted by molar-refractivity contribution is -0.123. The standard InChI is InChI=1S/C16H31N3O3S/c1-13(2)10-19-7-4-14(5-8-19)17-16(20)11-18(3)15-6-9-23(21,22)12-15/h13-15H,4-12H2,1-3H3,(H,17,20)/t15-/m0/s1. The van der Waals surface area contributed by atoms with Crippen LogP contribution in [0.4, 0.5) is 0 Å². The van der Waals surface area contributed by atoms with Gasteiger partial charge in [-0.15, -0.1) is 0 Å². The van der Waals surface area contributed by atoms with Crippen LogP contribution in [-0.2, 0) is 14.6 Å². The van der Waals surface area contributed by atoms with Gasteiger partial charge >= 0.3 is 0 Å². The second-order valence-electron chi connectivity index (χ2n) is 7.51. The van der Waals surface area contributed by atoms with Crippen LogP contribution in [0.2, 0.25) is 0 Å². The van der Waals surface area contributed by atoms with Gasteiger partial charge in [0.25, 0.3) is 0 Å². The first-order valence-corrected chi connectivity index (χ1v) is 10.5. The number of likely N-dealkylation sites (N-methyl/N-ethyl adjacent to an activating group) is 1. The topological polar surface area (TPSA) is 69.7 Å². The van der Waals surface area contributed by atoms with E-state index in [0.29, 0.717) is 12.3 Å². The highest BCUT2D eigenvalue weighted by Crippen LogP contribution is 2.16. The molecule has 1 atom stereocenters. The predicted octanol–water partition coefficient (Wildman–Crippen LogP) is 0.342. The molecule has 2 aliphatic heterocycles. The third-order valence-corrected chi connectivity index (χ3v) is 6.55. The van der Waals surface area contributed by atoms with Crippen LogP contribution in [0.1, 0.15) is 33.1 Å². The van der Waals surface area contributed by atoms with Gasteiger partial charge in [0, 0.05) is 31.7 Å². The summed E-state index contributed by atoms with van der Waals surface area (Å²) in [4.78, 5) is 16.5. The van der Waals surface area contributed by atoms with Crippen molar-refractivity contribution >= 4 is 15.7 Å². The Morgan fingerprint density at radius 1 is 1.26 bits per heavy atom. The van der Waals surface area contributed by atoms with E-state index in [1.165, 1.54) is 0 Å². The predicted molar refractivity (Wildman–Crippen MR) is 92.1 cm³/mol. The van der Waals surface area contributed by atoms with Crippen molar-refractivity contribution in [3.63, 3.8) is 0 Å². The van der Waals surface area contributed by atoms with E-state index in [0.717, 1.165) is 32.5 Å². The number of hydrogen-bond acceptors (Lipinski definition) is 5. The molecule has 2 aliphatic rings. The van der Waals surface area contributed by atoms with Crippen LogP contribution in [0.15, 0.2) is 0 Å². The monoisotopic (exact) mass is 345 g/mol. The van der Waals surface area contributed by atoms with Crippen LogP contribution in [0.25, 0.3) is 0 Å². The molecule has 2 fully saturated rings. The highest BCUT2D eigenvalue weighted by molar-refractivity contribution is 7.91. The number of nitrogens with zero attached hydrogens (tertiary/aromatic N) is 2. The number of sulfone groups is 1. The lowest BCUT2D eigenvalue weighted by atomic mass is 10.0. The number of carbonyl (C=O) groups excluding carboxylic acids is 1. The number of piperidine rings is 1. The molecule has 2 rings (SSSR count). The molecule has 0 aromatic heterocycles. The fraction of sp³-hybridized carbons (Fsp3) is 0.938. The van der Waals surface area contributed by atoms with Crippen LogP contribution >= 0.6 is 0 Å². The fourth-order valence-corrected chi connectivity index (χ4v) is 5.33. The molecule has 0 bridgehead atoms. The minimum atomic E-state index is -2.90. The molecule has 7 heteroatoms. The molecule has 0 aliphatic carbocycles. The molecule has 6 nitrogen and oxygen atoms in total. The molecule has 23 heavy (non-hydrogen) atoms. The number of nitrogens with one attached hydrogen (secondary N) is 1. The maximum absolute atomic E-state index is 12.2. The van der Waals surface area contributed by atoms with Gasteiger partial charge in [0.15, 0.2) is 9.84 Å².